The molecule has 0 radical (unpaired) electrons. The highest BCUT2D eigenvalue weighted by Crippen LogP contribution is 2.51. The zero-order valence-electron chi connectivity index (χ0n) is 29.1. The first-order valence-corrected chi connectivity index (χ1v) is 16.8. The molecule has 1 saturated heterocycles. The monoisotopic (exact) mass is 658 g/mol. The van der Waals surface area contributed by atoms with Crippen LogP contribution in [-0.2, 0) is 19.8 Å². The number of hydrogen-bond donors (Lipinski definition) is 3. The molecule has 1 aliphatic heterocycles. The Morgan fingerprint density at radius 1 is 0.854 bits per heavy atom. The number of ether oxygens (including phenoxy) is 2. The SMILES string of the molecule is CC(C)(C)OC(=O)CN1CCN(C2(c3cccc(Nc4cc(-c5cnc(NCCCNC(=O)OC(C)(C)C)nc5)ccn4)c3)CC2)CC1. The van der Waals surface area contributed by atoms with Crippen molar-refractivity contribution in [2.75, 3.05) is 56.4 Å². The van der Waals surface area contributed by atoms with Crippen LogP contribution >= 0.6 is 0 Å². The number of alkyl carbamates (subject to hydrolysis) is 1. The molecule has 3 N–H and O–H groups in total. The van der Waals surface area contributed by atoms with Crippen LogP contribution in [0.3, 0.4) is 0 Å². The average Bonchev–Trinajstić information content (AvgIpc) is 3.82. The molecule has 3 aromatic rings. The molecule has 258 valence electrons. The van der Waals surface area contributed by atoms with Crippen LogP contribution in [0.5, 0.6) is 0 Å². The summed E-state index contributed by atoms with van der Waals surface area (Å²) in [6, 6.07) is 12.6. The number of benzene rings is 1. The number of pyridine rings is 1. The fourth-order valence-corrected chi connectivity index (χ4v) is 5.87. The summed E-state index contributed by atoms with van der Waals surface area (Å²) >= 11 is 0. The number of nitrogens with one attached hydrogen (secondary N) is 3. The third-order valence-electron chi connectivity index (χ3n) is 8.20. The fraction of sp³-hybridized carbons (Fsp3) is 0.528. The first-order chi connectivity index (χ1) is 22.8. The number of carbonyl (C=O) groups excluding carboxylic acids is 2. The van der Waals surface area contributed by atoms with Crippen LogP contribution in [0.15, 0.2) is 55.0 Å². The smallest absolute Gasteiger partial charge is 0.407 e. The summed E-state index contributed by atoms with van der Waals surface area (Å²) in [7, 11) is 0. The van der Waals surface area contributed by atoms with E-state index in [1.54, 1.807) is 18.6 Å². The number of amides is 1. The van der Waals surface area contributed by atoms with Gasteiger partial charge in [0.05, 0.1) is 6.54 Å². The molecule has 2 aromatic heterocycles. The molecule has 12 heteroatoms. The van der Waals surface area contributed by atoms with Gasteiger partial charge in [0.2, 0.25) is 5.95 Å². The zero-order chi connectivity index (χ0) is 34.4. The third kappa shape index (κ3) is 10.1. The highest BCUT2D eigenvalue weighted by Gasteiger charge is 2.50. The number of hydrogen-bond acceptors (Lipinski definition) is 11. The Bertz CT molecular complexity index is 1540. The van der Waals surface area contributed by atoms with E-state index in [-0.39, 0.29) is 11.5 Å². The van der Waals surface area contributed by atoms with Gasteiger partial charge in [-0.1, -0.05) is 12.1 Å². The lowest BCUT2D eigenvalue weighted by atomic mass is 10.0. The van der Waals surface area contributed by atoms with Crippen molar-refractivity contribution in [2.24, 2.45) is 0 Å². The standard InChI is InChI=1S/C36H50N8O4/c1-34(2,3)47-31(45)25-43-17-19-44(20-18-43)36(12-13-36)28-9-7-10-29(22-28)42-30-21-26(11-16-37-30)27-23-40-32(41-24-27)38-14-8-15-39-33(46)48-35(4,5)6/h7,9-11,16,21-24H,8,12-15,17-20,25H2,1-6H3,(H,37,42)(H,39,46)(H,38,40,41). The number of rotatable bonds is 12. The first kappa shape index (κ1) is 35.0. The predicted molar refractivity (Wildman–Crippen MR) is 187 cm³/mol. The molecule has 0 bridgehead atoms. The van der Waals surface area contributed by atoms with Gasteiger partial charge in [-0.25, -0.2) is 19.7 Å². The second-order valence-corrected chi connectivity index (χ2v) is 14.5. The molecule has 5 rings (SSSR count). The highest BCUT2D eigenvalue weighted by molar-refractivity contribution is 5.72. The van der Waals surface area contributed by atoms with Crippen LogP contribution in [0.25, 0.3) is 11.1 Å². The molecule has 2 aliphatic rings. The van der Waals surface area contributed by atoms with E-state index in [9.17, 15) is 9.59 Å². The average molecular weight is 659 g/mol. The van der Waals surface area contributed by atoms with Gasteiger partial charge in [-0.3, -0.25) is 14.6 Å². The molecular weight excluding hydrogens is 608 g/mol. The van der Waals surface area contributed by atoms with Crippen LogP contribution in [0.4, 0.5) is 22.2 Å². The highest BCUT2D eigenvalue weighted by atomic mass is 16.6. The van der Waals surface area contributed by atoms with E-state index in [1.807, 2.05) is 53.7 Å². The van der Waals surface area contributed by atoms with E-state index >= 15 is 0 Å². The molecule has 1 aromatic carbocycles. The van der Waals surface area contributed by atoms with Gasteiger partial charge in [-0.15, -0.1) is 0 Å². The molecule has 0 unspecified atom stereocenters. The summed E-state index contributed by atoms with van der Waals surface area (Å²) in [5.41, 5.74) is 3.21. The largest absolute Gasteiger partial charge is 0.459 e. The van der Waals surface area contributed by atoms with Crippen LogP contribution in [0.2, 0.25) is 0 Å². The van der Waals surface area contributed by atoms with Gasteiger partial charge in [0, 0.05) is 74.6 Å². The van der Waals surface area contributed by atoms with Crippen molar-refractivity contribution < 1.29 is 19.1 Å². The summed E-state index contributed by atoms with van der Waals surface area (Å²) in [6.07, 6.45) is 7.91. The summed E-state index contributed by atoms with van der Waals surface area (Å²) in [5.74, 6) is 1.11. The molecule has 1 amide bonds. The van der Waals surface area contributed by atoms with Crippen LogP contribution in [0.1, 0.15) is 66.4 Å². The van der Waals surface area contributed by atoms with Gasteiger partial charge in [0.1, 0.15) is 17.0 Å². The number of aromatic nitrogens is 3. The lowest BCUT2D eigenvalue weighted by molar-refractivity contribution is -0.156. The Kier molecular flexibility index (Phi) is 10.8. The minimum absolute atomic E-state index is 0.0483. The predicted octanol–water partition coefficient (Wildman–Crippen LogP) is 5.56. The van der Waals surface area contributed by atoms with Crippen LogP contribution in [0, 0.1) is 0 Å². The zero-order valence-corrected chi connectivity index (χ0v) is 29.1. The summed E-state index contributed by atoms with van der Waals surface area (Å²) in [5, 5.41) is 9.43. The summed E-state index contributed by atoms with van der Waals surface area (Å²) < 4.78 is 10.8. The summed E-state index contributed by atoms with van der Waals surface area (Å²) in [4.78, 5) is 42.4. The second-order valence-electron chi connectivity index (χ2n) is 14.5. The Morgan fingerprint density at radius 3 is 2.23 bits per heavy atom. The van der Waals surface area contributed by atoms with E-state index in [4.69, 9.17) is 9.47 Å². The lowest BCUT2D eigenvalue weighted by Crippen LogP contribution is -2.51. The molecule has 0 spiro atoms. The molecule has 12 nitrogen and oxygen atoms in total. The van der Waals surface area contributed by atoms with Crippen molar-refractivity contribution in [2.45, 2.75) is 77.5 Å². The Hall–Kier alpha value is -4.29. The lowest BCUT2D eigenvalue weighted by Gasteiger charge is -2.40. The second kappa shape index (κ2) is 14.9. The number of piperazine rings is 1. The van der Waals surface area contributed by atoms with Crippen molar-refractivity contribution in [3.05, 3.63) is 60.6 Å². The quantitative estimate of drug-likeness (QED) is 0.167. The maximum absolute atomic E-state index is 12.3. The number of anilines is 3. The fourth-order valence-electron chi connectivity index (χ4n) is 5.87. The number of esters is 1. The van der Waals surface area contributed by atoms with Crippen molar-refractivity contribution in [3.63, 3.8) is 0 Å². The van der Waals surface area contributed by atoms with Crippen molar-refractivity contribution in [1.82, 2.24) is 30.1 Å². The van der Waals surface area contributed by atoms with E-state index < -0.39 is 17.3 Å². The number of nitrogens with zero attached hydrogens (tertiary/aromatic N) is 5. The molecule has 2 fully saturated rings. The third-order valence-corrected chi connectivity index (χ3v) is 8.20. The van der Waals surface area contributed by atoms with Gasteiger partial charge in [-0.2, -0.15) is 0 Å². The normalized spacial score (nSPS) is 16.5. The van der Waals surface area contributed by atoms with Gasteiger partial charge < -0.3 is 25.4 Å². The van der Waals surface area contributed by atoms with Gasteiger partial charge in [0.15, 0.2) is 0 Å². The van der Waals surface area contributed by atoms with Gasteiger partial charge in [0.25, 0.3) is 0 Å². The maximum atomic E-state index is 12.3. The molecule has 1 saturated carbocycles. The van der Waals surface area contributed by atoms with Crippen LogP contribution in [-0.4, -0.2) is 93.8 Å². The van der Waals surface area contributed by atoms with Crippen molar-refractivity contribution in [3.8, 4) is 11.1 Å². The molecular formula is C36H50N8O4. The maximum Gasteiger partial charge on any atom is 0.407 e. The van der Waals surface area contributed by atoms with Crippen LogP contribution < -0.4 is 16.0 Å². The molecule has 0 atom stereocenters. The van der Waals surface area contributed by atoms with E-state index in [2.05, 4.69) is 65.0 Å². The van der Waals surface area contributed by atoms with Gasteiger partial charge in [-0.05, 0) is 96.2 Å². The minimum atomic E-state index is -0.515. The molecule has 3 heterocycles. The van der Waals surface area contributed by atoms with E-state index in [1.165, 1.54) is 5.56 Å². The van der Waals surface area contributed by atoms with Crippen molar-refractivity contribution >= 4 is 29.5 Å². The Morgan fingerprint density at radius 2 is 1.56 bits per heavy atom. The van der Waals surface area contributed by atoms with Gasteiger partial charge >= 0.3 is 12.1 Å². The molecule has 48 heavy (non-hydrogen) atoms. The topological polar surface area (TPSA) is 134 Å². The Labute approximate surface area is 284 Å². The minimum Gasteiger partial charge on any atom is -0.459 e. The Balaban J connectivity index is 1.12. The molecule has 1 aliphatic carbocycles. The van der Waals surface area contributed by atoms with E-state index in [0.717, 1.165) is 61.7 Å². The first-order valence-electron chi connectivity index (χ1n) is 16.8. The summed E-state index contributed by atoms with van der Waals surface area (Å²) in [6.45, 7) is 16.2. The van der Waals surface area contributed by atoms with Crippen molar-refractivity contribution in [1.29, 1.82) is 0 Å². The van der Waals surface area contributed by atoms with E-state index in [0.29, 0.717) is 32.0 Å². The number of carbonyl (C=O) groups is 2.